The zero-order valence-corrected chi connectivity index (χ0v) is 18.0. The van der Waals surface area contributed by atoms with Crippen LogP contribution in [0.5, 0.6) is 0 Å². The van der Waals surface area contributed by atoms with E-state index in [9.17, 15) is 9.59 Å². The maximum absolute atomic E-state index is 12.7. The van der Waals surface area contributed by atoms with Crippen molar-refractivity contribution in [3.05, 3.63) is 89.5 Å². The minimum Gasteiger partial charge on any atom is -0.397 e. The Labute approximate surface area is 188 Å². The Morgan fingerprint density at radius 2 is 1.59 bits per heavy atom. The average Bonchev–Trinajstić information content (AvgIpc) is 2.85. The number of nitrogens with two attached hydrogens (primary N) is 1. The Morgan fingerprint density at radius 1 is 0.875 bits per heavy atom. The summed E-state index contributed by atoms with van der Waals surface area (Å²) in [4.78, 5) is 29.6. The summed E-state index contributed by atoms with van der Waals surface area (Å²) >= 11 is 0. The van der Waals surface area contributed by atoms with Crippen LogP contribution in [-0.2, 0) is 4.79 Å². The van der Waals surface area contributed by atoms with E-state index in [1.165, 1.54) is 6.42 Å². The van der Waals surface area contributed by atoms with Crippen molar-refractivity contribution in [2.75, 3.05) is 11.1 Å². The Kier molecular flexibility index (Phi) is 6.75. The molecule has 1 amide bonds. The van der Waals surface area contributed by atoms with E-state index in [2.05, 4.69) is 10.3 Å². The predicted octanol–water partition coefficient (Wildman–Crippen LogP) is 5.77. The molecule has 162 valence electrons. The predicted molar refractivity (Wildman–Crippen MR) is 130 cm³/mol. The minimum absolute atomic E-state index is 0.0693. The van der Waals surface area contributed by atoms with Gasteiger partial charge >= 0.3 is 0 Å². The van der Waals surface area contributed by atoms with Gasteiger partial charge in [-0.1, -0.05) is 61.7 Å². The number of nitrogens with zero attached hydrogens (tertiary/aromatic N) is 1. The summed E-state index contributed by atoms with van der Waals surface area (Å²) in [6.45, 7) is 0. The number of carbonyl (C=O) groups is 2. The molecule has 0 heterocycles. The zero-order chi connectivity index (χ0) is 22.3. The molecule has 3 aromatic rings. The molecular weight excluding hydrogens is 398 g/mol. The SMILES string of the molecule is Nc1ccc(C(=O)c2ccccc2)cc1N=Cc1ccc(NC(=O)C2CCCCC2)cc1. The summed E-state index contributed by atoms with van der Waals surface area (Å²) in [6.07, 6.45) is 7.15. The lowest BCUT2D eigenvalue weighted by Gasteiger charge is -2.20. The van der Waals surface area contributed by atoms with Gasteiger partial charge in [0.05, 0.1) is 11.4 Å². The monoisotopic (exact) mass is 425 g/mol. The lowest BCUT2D eigenvalue weighted by Crippen LogP contribution is -2.24. The molecule has 0 spiro atoms. The first-order valence-corrected chi connectivity index (χ1v) is 11.0. The van der Waals surface area contributed by atoms with Crippen molar-refractivity contribution in [3.8, 4) is 0 Å². The third-order valence-electron chi connectivity index (χ3n) is 5.84. The Bertz CT molecular complexity index is 1120. The van der Waals surface area contributed by atoms with Gasteiger partial charge in [-0.2, -0.15) is 0 Å². The lowest BCUT2D eigenvalue weighted by atomic mass is 9.88. The third kappa shape index (κ3) is 5.30. The molecule has 1 saturated carbocycles. The normalized spacial score (nSPS) is 14.4. The molecule has 0 unspecified atom stereocenters. The molecule has 0 bridgehead atoms. The topological polar surface area (TPSA) is 84.6 Å². The van der Waals surface area contributed by atoms with Gasteiger partial charge in [0.25, 0.3) is 0 Å². The van der Waals surface area contributed by atoms with Gasteiger partial charge in [-0.3, -0.25) is 14.6 Å². The molecular formula is C27H27N3O2. The van der Waals surface area contributed by atoms with E-state index in [1.54, 1.807) is 36.5 Å². The van der Waals surface area contributed by atoms with Gasteiger partial charge in [-0.05, 0) is 48.7 Å². The van der Waals surface area contributed by atoms with Gasteiger partial charge in [0, 0.05) is 28.9 Å². The molecule has 0 radical (unpaired) electrons. The van der Waals surface area contributed by atoms with Crippen LogP contribution in [0.2, 0.25) is 0 Å². The minimum atomic E-state index is -0.0693. The number of aliphatic imine (C=N–C) groups is 1. The molecule has 0 aromatic heterocycles. The Hall–Kier alpha value is -3.73. The van der Waals surface area contributed by atoms with Crippen LogP contribution in [0.4, 0.5) is 17.1 Å². The largest absolute Gasteiger partial charge is 0.397 e. The molecule has 32 heavy (non-hydrogen) atoms. The number of nitrogens with one attached hydrogen (secondary N) is 1. The third-order valence-corrected chi connectivity index (χ3v) is 5.84. The molecule has 3 N–H and O–H groups in total. The zero-order valence-electron chi connectivity index (χ0n) is 18.0. The summed E-state index contributed by atoms with van der Waals surface area (Å²) < 4.78 is 0. The molecule has 1 fully saturated rings. The van der Waals surface area contributed by atoms with E-state index in [0.717, 1.165) is 36.9 Å². The molecule has 1 aliphatic carbocycles. The van der Waals surface area contributed by atoms with Crippen molar-refractivity contribution in [2.24, 2.45) is 10.9 Å². The highest BCUT2D eigenvalue weighted by Gasteiger charge is 2.20. The van der Waals surface area contributed by atoms with E-state index in [1.807, 2.05) is 42.5 Å². The maximum Gasteiger partial charge on any atom is 0.227 e. The van der Waals surface area contributed by atoms with Gasteiger partial charge in [0.1, 0.15) is 0 Å². The first kappa shape index (κ1) is 21.5. The number of nitrogen functional groups attached to an aromatic ring is 1. The highest BCUT2D eigenvalue weighted by molar-refractivity contribution is 6.09. The molecule has 1 aliphatic rings. The second-order valence-corrected chi connectivity index (χ2v) is 8.17. The van der Waals surface area contributed by atoms with Crippen molar-refractivity contribution in [1.82, 2.24) is 0 Å². The van der Waals surface area contributed by atoms with Crippen LogP contribution < -0.4 is 11.1 Å². The fourth-order valence-corrected chi connectivity index (χ4v) is 3.96. The van der Waals surface area contributed by atoms with Gasteiger partial charge < -0.3 is 11.1 Å². The maximum atomic E-state index is 12.7. The van der Waals surface area contributed by atoms with Crippen LogP contribution in [-0.4, -0.2) is 17.9 Å². The van der Waals surface area contributed by atoms with E-state index in [4.69, 9.17) is 5.73 Å². The van der Waals surface area contributed by atoms with E-state index in [-0.39, 0.29) is 17.6 Å². The number of amides is 1. The summed E-state index contributed by atoms with van der Waals surface area (Å²) in [5.74, 6) is 0.165. The number of anilines is 2. The van der Waals surface area contributed by atoms with Gasteiger partial charge in [-0.25, -0.2) is 0 Å². The quantitative estimate of drug-likeness (QED) is 0.299. The van der Waals surface area contributed by atoms with E-state index in [0.29, 0.717) is 22.5 Å². The van der Waals surface area contributed by atoms with Crippen molar-refractivity contribution in [3.63, 3.8) is 0 Å². The number of carbonyl (C=O) groups excluding carboxylic acids is 2. The number of benzene rings is 3. The Balaban J connectivity index is 1.43. The van der Waals surface area contributed by atoms with Gasteiger partial charge in [0.15, 0.2) is 5.78 Å². The van der Waals surface area contributed by atoms with E-state index >= 15 is 0 Å². The second-order valence-electron chi connectivity index (χ2n) is 8.17. The van der Waals surface area contributed by atoms with Gasteiger partial charge in [0.2, 0.25) is 5.91 Å². The first-order chi connectivity index (χ1) is 15.6. The lowest BCUT2D eigenvalue weighted by molar-refractivity contribution is -0.120. The summed E-state index contributed by atoms with van der Waals surface area (Å²) in [5, 5.41) is 3.02. The number of ketones is 1. The molecule has 0 aliphatic heterocycles. The molecule has 0 atom stereocenters. The standard InChI is InChI=1S/C27H27N3O2/c28-24-16-13-22(26(31)20-7-3-1-4-8-20)17-25(24)29-18-19-11-14-23(15-12-19)30-27(32)21-9-5-2-6-10-21/h1,3-4,7-8,11-18,21H,2,5-6,9-10,28H2,(H,30,32). The van der Waals surface area contributed by atoms with Crippen LogP contribution >= 0.6 is 0 Å². The fourth-order valence-electron chi connectivity index (χ4n) is 3.96. The van der Waals surface area contributed by atoms with E-state index < -0.39 is 0 Å². The van der Waals surface area contributed by atoms with Crippen LogP contribution in [0.25, 0.3) is 0 Å². The van der Waals surface area contributed by atoms with Crippen LogP contribution in [0.3, 0.4) is 0 Å². The second kappa shape index (κ2) is 10.1. The Morgan fingerprint density at radius 3 is 2.31 bits per heavy atom. The average molecular weight is 426 g/mol. The molecule has 5 nitrogen and oxygen atoms in total. The van der Waals surface area contributed by atoms with Crippen molar-refractivity contribution < 1.29 is 9.59 Å². The number of hydrogen-bond donors (Lipinski definition) is 2. The highest BCUT2D eigenvalue weighted by atomic mass is 16.2. The van der Waals surface area contributed by atoms with Gasteiger partial charge in [-0.15, -0.1) is 0 Å². The van der Waals surface area contributed by atoms with Crippen molar-refractivity contribution >= 4 is 35.0 Å². The van der Waals surface area contributed by atoms with Crippen LogP contribution in [0.15, 0.2) is 77.8 Å². The molecule has 4 rings (SSSR count). The van der Waals surface area contributed by atoms with Crippen LogP contribution in [0.1, 0.15) is 53.6 Å². The first-order valence-electron chi connectivity index (χ1n) is 11.0. The molecule has 3 aromatic carbocycles. The highest BCUT2D eigenvalue weighted by Crippen LogP contribution is 2.26. The number of hydrogen-bond acceptors (Lipinski definition) is 4. The van der Waals surface area contributed by atoms with Crippen molar-refractivity contribution in [1.29, 1.82) is 0 Å². The van der Waals surface area contributed by atoms with Crippen LogP contribution in [0, 0.1) is 5.92 Å². The molecule has 5 heteroatoms. The summed E-state index contributed by atoms with van der Waals surface area (Å²) in [7, 11) is 0. The van der Waals surface area contributed by atoms with Crippen molar-refractivity contribution in [2.45, 2.75) is 32.1 Å². The number of rotatable bonds is 6. The smallest absolute Gasteiger partial charge is 0.227 e. The molecule has 0 saturated heterocycles. The summed E-state index contributed by atoms with van der Waals surface area (Å²) in [5.41, 5.74) is 9.94. The summed E-state index contributed by atoms with van der Waals surface area (Å²) in [6, 6.07) is 21.8. The fraction of sp³-hybridized carbons (Fsp3) is 0.222.